The van der Waals surface area contributed by atoms with E-state index in [9.17, 15) is 4.79 Å². The van der Waals surface area contributed by atoms with Gasteiger partial charge in [0.05, 0.1) is 6.07 Å². The molecule has 0 saturated heterocycles. The first-order valence-electron chi connectivity index (χ1n) is 5.54. The van der Waals surface area contributed by atoms with Gasteiger partial charge in [-0.1, -0.05) is 19.1 Å². The number of aldehydes is 1. The summed E-state index contributed by atoms with van der Waals surface area (Å²) in [6.07, 6.45) is 3.33. The zero-order valence-electron chi connectivity index (χ0n) is 10.1. The molecule has 0 heterocycles. The lowest BCUT2D eigenvalue weighted by atomic mass is 9.97. The normalized spacial score (nSPS) is 16.8. The summed E-state index contributed by atoms with van der Waals surface area (Å²) in [5.41, 5.74) is 4.91. The van der Waals surface area contributed by atoms with Gasteiger partial charge in [-0.3, -0.25) is 4.79 Å². The largest absolute Gasteiger partial charge is 0.298 e. The molecule has 2 rings (SSSR count). The molecule has 2 nitrogen and oxygen atoms in total. The summed E-state index contributed by atoms with van der Waals surface area (Å²) in [6, 6.07) is 5.81. The van der Waals surface area contributed by atoms with Crippen molar-refractivity contribution in [3.05, 3.63) is 34.4 Å². The van der Waals surface area contributed by atoms with E-state index in [0.717, 1.165) is 18.3 Å². The first-order chi connectivity index (χ1) is 7.65. The fraction of sp³-hybridized carbons (Fsp3) is 0.429. The molecule has 0 bridgehead atoms. The number of hydrogen-bond acceptors (Lipinski definition) is 2. The number of carbonyl (C=O) groups is 1. The van der Waals surface area contributed by atoms with Gasteiger partial charge in [0.15, 0.2) is 0 Å². The van der Waals surface area contributed by atoms with Crippen molar-refractivity contribution >= 4 is 6.29 Å². The van der Waals surface area contributed by atoms with Gasteiger partial charge in [-0.05, 0) is 42.4 Å². The number of benzene rings is 1. The summed E-state index contributed by atoms with van der Waals surface area (Å²) in [5.74, 6) is 0.675. The molecular weight excluding hydrogens is 198 g/mol. The second-order valence-electron chi connectivity index (χ2n) is 4.13. The fourth-order valence-electron chi connectivity index (χ4n) is 2.23. The van der Waals surface area contributed by atoms with Crippen LogP contribution < -0.4 is 0 Å². The minimum Gasteiger partial charge on any atom is -0.298 e. The Morgan fingerprint density at radius 2 is 2.12 bits per heavy atom. The number of nitrogens with zero attached hydrogens (tertiary/aromatic N) is 1. The van der Waals surface area contributed by atoms with Crippen LogP contribution in [0.15, 0.2) is 12.1 Å². The Morgan fingerprint density at radius 3 is 2.69 bits per heavy atom. The van der Waals surface area contributed by atoms with Crippen molar-refractivity contribution in [1.82, 2.24) is 0 Å². The van der Waals surface area contributed by atoms with Gasteiger partial charge in [0, 0.05) is 12.5 Å². The molecule has 0 aromatic heterocycles. The third-order valence-corrected chi connectivity index (χ3v) is 3.16. The standard InChI is InChI=1S/C12H14O.C2H3N/c1-8-3-5-12-9(2)10(7-13)4-6-11(8)12;1-2-3/h4,6-8H,3,5H2,1-2H3;1H3. The van der Waals surface area contributed by atoms with Gasteiger partial charge in [-0.25, -0.2) is 0 Å². The lowest BCUT2D eigenvalue weighted by Gasteiger charge is -2.08. The summed E-state index contributed by atoms with van der Waals surface area (Å²) >= 11 is 0. The van der Waals surface area contributed by atoms with E-state index >= 15 is 0 Å². The summed E-state index contributed by atoms with van der Waals surface area (Å²) < 4.78 is 0. The van der Waals surface area contributed by atoms with Crippen molar-refractivity contribution in [2.45, 2.75) is 39.5 Å². The topological polar surface area (TPSA) is 40.9 Å². The molecule has 16 heavy (non-hydrogen) atoms. The lowest BCUT2D eigenvalue weighted by Crippen LogP contribution is -1.94. The van der Waals surface area contributed by atoms with E-state index in [1.165, 1.54) is 30.0 Å². The molecule has 0 fully saturated rings. The third kappa shape index (κ3) is 2.30. The minimum absolute atomic E-state index is 0.675. The minimum atomic E-state index is 0.675. The van der Waals surface area contributed by atoms with E-state index in [1.54, 1.807) is 6.07 Å². The zero-order chi connectivity index (χ0) is 12.1. The van der Waals surface area contributed by atoms with Crippen molar-refractivity contribution < 1.29 is 4.79 Å². The molecule has 0 saturated carbocycles. The maximum atomic E-state index is 10.7. The SMILES string of the molecule is CC#N.Cc1c(C=O)ccc2c1CCC2C. The van der Waals surface area contributed by atoms with Crippen molar-refractivity contribution in [1.29, 1.82) is 5.26 Å². The van der Waals surface area contributed by atoms with Crippen LogP contribution in [0.5, 0.6) is 0 Å². The van der Waals surface area contributed by atoms with E-state index < -0.39 is 0 Å². The Morgan fingerprint density at radius 1 is 1.50 bits per heavy atom. The molecule has 1 aliphatic rings. The van der Waals surface area contributed by atoms with E-state index in [2.05, 4.69) is 19.9 Å². The van der Waals surface area contributed by atoms with Crippen molar-refractivity contribution in [3.8, 4) is 6.07 Å². The van der Waals surface area contributed by atoms with Crippen LogP contribution in [0.25, 0.3) is 0 Å². The van der Waals surface area contributed by atoms with Crippen LogP contribution in [0.2, 0.25) is 0 Å². The van der Waals surface area contributed by atoms with Crippen LogP contribution in [0.4, 0.5) is 0 Å². The molecule has 1 atom stereocenters. The fourth-order valence-corrected chi connectivity index (χ4v) is 2.23. The highest BCUT2D eigenvalue weighted by Gasteiger charge is 2.20. The zero-order valence-corrected chi connectivity index (χ0v) is 10.1. The van der Waals surface area contributed by atoms with Gasteiger partial charge in [-0.2, -0.15) is 5.26 Å². The average Bonchev–Trinajstić information content (AvgIpc) is 2.63. The first kappa shape index (κ1) is 12.4. The van der Waals surface area contributed by atoms with Crippen LogP contribution >= 0.6 is 0 Å². The lowest BCUT2D eigenvalue weighted by molar-refractivity contribution is 0.112. The van der Waals surface area contributed by atoms with Crippen molar-refractivity contribution in [2.75, 3.05) is 0 Å². The van der Waals surface area contributed by atoms with Gasteiger partial charge in [-0.15, -0.1) is 0 Å². The molecule has 84 valence electrons. The van der Waals surface area contributed by atoms with Gasteiger partial charge in [0.1, 0.15) is 6.29 Å². The Labute approximate surface area is 96.9 Å². The van der Waals surface area contributed by atoms with Crippen LogP contribution in [-0.4, -0.2) is 6.29 Å². The van der Waals surface area contributed by atoms with Crippen LogP contribution in [0.1, 0.15) is 53.2 Å². The first-order valence-corrected chi connectivity index (χ1v) is 5.54. The monoisotopic (exact) mass is 215 g/mol. The molecular formula is C14H17NO. The maximum Gasteiger partial charge on any atom is 0.150 e. The molecule has 2 heteroatoms. The Balaban J connectivity index is 0.000000386. The van der Waals surface area contributed by atoms with Crippen molar-refractivity contribution in [2.24, 2.45) is 0 Å². The molecule has 1 aromatic rings. The number of rotatable bonds is 1. The predicted octanol–water partition coefficient (Wildman–Crippen LogP) is 3.39. The van der Waals surface area contributed by atoms with E-state index in [-0.39, 0.29) is 0 Å². The third-order valence-electron chi connectivity index (χ3n) is 3.16. The summed E-state index contributed by atoms with van der Waals surface area (Å²) in [7, 11) is 0. The molecule has 0 amide bonds. The van der Waals surface area contributed by atoms with Gasteiger partial charge >= 0.3 is 0 Å². The molecule has 1 aliphatic carbocycles. The van der Waals surface area contributed by atoms with Gasteiger partial charge < -0.3 is 0 Å². The van der Waals surface area contributed by atoms with E-state index in [4.69, 9.17) is 5.26 Å². The molecule has 0 N–H and O–H groups in total. The second kappa shape index (κ2) is 5.46. The molecule has 0 radical (unpaired) electrons. The van der Waals surface area contributed by atoms with E-state index in [0.29, 0.717) is 5.92 Å². The van der Waals surface area contributed by atoms with Gasteiger partial charge in [0.2, 0.25) is 0 Å². The highest BCUT2D eigenvalue weighted by Crippen LogP contribution is 2.35. The van der Waals surface area contributed by atoms with E-state index in [1.807, 2.05) is 6.07 Å². The molecule has 1 unspecified atom stereocenters. The Bertz CT molecular complexity index is 429. The molecule has 0 spiro atoms. The quantitative estimate of drug-likeness (QED) is 0.674. The highest BCUT2D eigenvalue weighted by atomic mass is 16.1. The number of fused-ring (bicyclic) bond motifs is 1. The average molecular weight is 215 g/mol. The Kier molecular flexibility index (Phi) is 4.25. The van der Waals surface area contributed by atoms with Gasteiger partial charge in [0.25, 0.3) is 0 Å². The van der Waals surface area contributed by atoms with Crippen LogP contribution in [0.3, 0.4) is 0 Å². The summed E-state index contributed by atoms with van der Waals surface area (Å²) in [5, 5.41) is 7.32. The van der Waals surface area contributed by atoms with Crippen LogP contribution in [-0.2, 0) is 6.42 Å². The summed E-state index contributed by atoms with van der Waals surface area (Å²) in [4.78, 5) is 10.7. The molecule has 1 aromatic carbocycles. The smallest absolute Gasteiger partial charge is 0.150 e. The summed E-state index contributed by atoms with van der Waals surface area (Å²) in [6.45, 7) is 5.74. The predicted molar refractivity (Wildman–Crippen MR) is 64.6 cm³/mol. The van der Waals surface area contributed by atoms with Crippen molar-refractivity contribution in [3.63, 3.8) is 0 Å². The molecule has 0 aliphatic heterocycles. The number of hydrogen-bond donors (Lipinski definition) is 0. The second-order valence-corrected chi connectivity index (χ2v) is 4.13. The Hall–Kier alpha value is -1.62. The van der Waals surface area contributed by atoms with Crippen LogP contribution in [0, 0.1) is 18.3 Å². The maximum absolute atomic E-state index is 10.7. The highest BCUT2D eigenvalue weighted by molar-refractivity contribution is 5.78. The number of nitriles is 1. The number of carbonyl (C=O) groups excluding carboxylic acids is 1.